The van der Waals surface area contributed by atoms with Gasteiger partial charge in [0.05, 0.1) is 18.9 Å². The summed E-state index contributed by atoms with van der Waals surface area (Å²) in [6.45, 7) is 0. The van der Waals surface area contributed by atoms with Crippen molar-refractivity contribution < 1.29 is 14.3 Å². The lowest BCUT2D eigenvalue weighted by Crippen LogP contribution is -2.23. The number of ether oxygens (including phenoxy) is 2. The van der Waals surface area contributed by atoms with Crippen LogP contribution in [0.5, 0.6) is 11.5 Å². The first-order valence-corrected chi connectivity index (χ1v) is 11.1. The van der Waals surface area contributed by atoms with E-state index in [1.807, 2.05) is 42.5 Å². The van der Waals surface area contributed by atoms with Crippen LogP contribution in [0.25, 0.3) is 10.8 Å². The van der Waals surface area contributed by atoms with E-state index in [9.17, 15) is 4.79 Å². The van der Waals surface area contributed by atoms with Gasteiger partial charge in [-0.05, 0) is 71.5 Å². The number of anilines is 1. The minimum atomic E-state index is -0.487. The van der Waals surface area contributed by atoms with Crippen LogP contribution >= 0.6 is 23.8 Å². The molecule has 0 saturated carbocycles. The van der Waals surface area contributed by atoms with E-state index in [0.717, 1.165) is 16.5 Å². The van der Waals surface area contributed by atoms with Gasteiger partial charge in [-0.1, -0.05) is 48.0 Å². The van der Waals surface area contributed by atoms with E-state index in [1.54, 1.807) is 55.8 Å². The number of esters is 1. The molecule has 0 aliphatic rings. The third-order valence-electron chi connectivity index (χ3n) is 4.90. The number of benzene rings is 4. The lowest BCUT2D eigenvalue weighted by Gasteiger charge is -2.11. The SMILES string of the molecule is COc1ccc(C(=O)Oc2ccc3ccccc3c2/C=N\NC(=S)Nc2cccc(Cl)c2)cc1. The Hall–Kier alpha value is -3.94. The Labute approximate surface area is 207 Å². The number of hydrogen-bond donors (Lipinski definition) is 2. The fourth-order valence-corrected chi connectivity index (χ4v) is 3.63. The average Bonchev–Trinajstić information content (AvgIpc) is 2.85. The molecule has 6 nitrogen and oxygen atoms in total. The predicted molar refractivity (Wildman–Crippen MR) is 140 cm³/mol. The van der Waals surface area contributed by atoms with Crippen LogP contribution in [0.2, 0.25) is 5.02 Å². The number of nitrogens with zero attached hydrogens (tertiary/aromatic N) is 1. The van der Waals surface area contributed by atoms with Crippen molar-refractivity contribution in [3.8, 4) is 11.5 Å². The lowest BCUT2D eigenvalue weighted by atomic mass is 10.0. The van der Waals surface area contributed by atoms with E-state index in [0.29, 0.717) is 27.6 Å². The van der Waals surface area contributed by atoms with Crippen LogP contribution < -0.4 is 20.2 Å². The van der Waals surface area contributed by atoms with Crippen molar-refractivity contribution in [1.82, 2.24) is 5.43 Å². The number of hydrazone groups is 1. The first-order valence-electron chi connectivity index (χ1n) is 10.3. The third-order valence-corrected chi connectivity index (χ3v) is 5.33. The van der Waals surface area contributed by atoms with Gasteiger partial charge in [0, 0.05) is 16.3 Å². The maximum absolute atomic E-state index is 12.8. The molecule has 170 valence electrons. The number of carbonyl (C=O) groups is 1. The maximum Gasteiger partial charge on any atom is 0.343 e. The normalized spacial score (nSPS) is 10.8. The molecule has 0 aliphatic heterocycles. The van der Waals surface area contributed by atoms with Crippen LogP contribution in [-0.4, -0.2) is 24.4 Å². The molecular formula is C26H20ClN3O3S. The van der Waals surface area contributed by atoms with Crippen LogP contribution in [0.15, 0.2) is 90.0 Å². The maximum atomic E-state index is 12.8. The molecule has 0 radical (unpaired) electrons. The van der Waals surface area contributed by atoms with Gasteiger partial charge in [-0.15, -0.1) is 0 Å². The summed E-state index contributed by atoms with van der Waals surface area (Å²) in [6.07, 6.45) is 1.57. The smallest absolute Gasteiger partial charge is 0.343 e. The van der Waals surface area contributed by atoms with E-state index in [2.05, 4.69) is 15.8 Å². The molecule has 34 heavy (non-hydrogen) atoms. The van der Waals surface area contributed by atoms with E-state index in [4.69, 9.17) is 33.3 Å². The van der Waals surface area contributed by atoms with Crippen LogP contribution in [0, 0.1) is 0 Å². The minimum absolute atomic E-state index is 0.288. The Kier molecular flexibility index (Phi) is 7.37. The first-order chi connectivity index (χ1) is 16.5. The topological polar surface area (TPSA) is 72.0 Å². The summed E-state index contributed by atoms with van der Waals surface area (Å²) in [5.74, 6) is 0.543. The van der Waals surface area contributed by atoms with Crippen molar-refractivity contribution in [2.75, 3.05) is 12.4 Å². The summed E-state index contributed by atoms with van der Waals surface area (Å²) >= 11 is 11.3. The first kappa shape index (κ1) is 23.2. The number of carbonyl (C=O) groups excluding carboxylic acids is 1. The standard InChI is InChI=1S/C26H20ClN3O3S/c1-32-21-12-9-18(10-13-21)25(31)33-24-14-11-17-5-2-3-8-22(17)23(24)16-28-30-26(34)29-20-7-4-6-19(27)15-20/h2-16H,1H3,(H2,29,30,34)/b28-16-. The van der Waals surface area contributed by atoms with E-state index in [-0.39, 0.29) is 5.11 Å². The largest absolute Gasteiger partial charge is 0.497 e. The van der Waals surface area contributed by atoms with Gasteiger partial charge < -0.3 is 14.8 Å². The molecule has 2 N–H and O–H groups in total. The number of fused-ring (bicyclic) bond motifs is 1. The van der Waals surface area contributed by atoms with Gasteiger partial charge in [0.2, 0.25) is 0 Å². The summed E-state index contributed by atoms with van der Waals surface area (Å²) in [7, 11) is 1.57. The molecule has 8 heteroatoms. The Bertz CT molecular complexity index is 1370. The van der Waals surface area contributed by atoms with Gasteiger partial charge in [-0.2, -0.15) is 5.10 Å². The molecule has 4 rings (SSSR count). The van der Waals surface area contributed by atoms with Crippen LogP contribution in [0.4, 0.5) is 5.69 Å². The number of thiocarbonyl (C=S) groups is 1. The highest BCUT2D eigenvalue weighted by Crippen LogP contribution is 2.27. The summed E-state index contributed by atoms with van der Waals surface area (Å²) in [4.78, 5) is 12.8. The number of methoxy groups -OCH3 is 1. The van der Waals surface area contributed by atoms with Gasteiger partial charge >= 0.3 is 5.97 Å². The van der Waals surface area contributed by atoms with Gasteiger partial charge in [0.15, 0.2) is 5.11 Å². The fraction of sp³-hybridized carbons (Fsp3) is 0.0385. The molecule has 0 saturated heterocycles. The van der Waals surface area contributed by atoms with E-state index >= 15 is 0 Å². The van der Waals surface area contributed by atoms with Gasteiger partial charge in [-0.3, -0.25) is 5.43 Å². The van der Waals surface area contributed by atoms with Gasteiger partial charge in [0.1, 0.15) is 11.5 Å². The highest BCUT2D eigenvalue weighted by atomic mass is 35.5. The van der Waals surface area contributed by atoms with Crippen LogP contribution in [-0.2, 0) is 0 Å². The van der Waals surface area contributed by atoms with Crippen LogP contribution in [0.1, 0.15) is 15.9 Å². The van der Waals surface area contributed by atoms with Crippen molar-refractivity contribution in [3.63, 3.8) is 0 Å². The van der Waals surface area contributed by atoms with Crippen molar-refractivity contribution in [2.24, 2.45) is 5.10 Å². The lowest BCUT2D eigenvalue weighted by molar-refractivity contribution is 0.0734. The van der Waals surface area contributed by atoms with Gasteiger partial charge in [-0.25, -0.2) is 4.79 Å². The van der Waals surface area contributed by atoms with Crippen molar-refractivity contribution >= 4 is 57.6 Å². The molecule has 0 heterocycles. The quantitative estimate of drug-likeness (QED) is 0.113. The minimum Gasteiger partial charge on any atom is -0.497 e. The zero-order chi connectivity index (χ0) is 23.9. The summed E-state index contributed by atoms with van der Waals surface area (Å²) in [6, 6.07) is 25.3. The van der Waals surface area contributed by atoms with Crippen molar-refractivity contribution in [1.29, 1.82) is 0 Å². The Morgan fingerprint density at radius 2 is 1.79 bits per heavy atom. The van der Waals surface area contributed by atoms with E-state index < -0.39 is 5.97 Å². The summed E-state index contributed by atoms with van der Waals surface area (Å²) < 4.78 is 10.9. The van der Waals surface area contributed by atoms with Crippen LogP contribution in [0.3, 0.4) is 0 Å². The van der Waals surface area contributed by atoms with Gasteiger partial charge in [0.25, 0.3) is 0 Å². The average molecular weight is 490 g/mol. The highest BCUT2D eigenvalue weighted by Gasteiger charge is 2.14. The molecule has 0 spiro atoms. The highest BCUT2D eigenvalue weighted by molar-refractivity contribution is 7.80. The molecule has 0 bridgehead atoms. The molecular weight excluding hydrogens is 470 g/mol. The zero-order valence-electron chi connectivity index (χ0n) is 18.1. The van der Waals surface area contributed by atoms with Crippen molar-refractivity contribution in [2.45, 2.75) is 0 Å². The fourth-order valence-electron chi connectivity index (χ4n) is 3.26. The molecule has 4 aromatic carbocycles. The van der Waals surface area contributed by atoms with E-state index in [1.165, 1.54) is 0 Å². The monoisotopic (exact) mass is 489 g/mol. The summed E-state index contributed by atoms with van der Waals surface area (Å²) in [5, 5.41) is 10.0. The molecule has 0 aromatic heterocycles. The Balaban J connectivity index is 1.55. The predicted octanol–water partition coefficient (Wildman–Crippen LogP) is 6.04. The number of nitrogens with one attached hydrogen (secondary N) is 2. The molecule has 4 aromatic rings. The summed E-state index contributed by atoms with van der Waals surface area (Å²) in [5.41, 5.74) is 4.56. The molecule has 0 unspecified atom stereocenters. The Morgan fingerprint density at radius 1 is 1.00 bits per heavy atom. The third kappa shape index (κ3) is 5.70. The Morgan fingerprint density at radius 3 is 2.56 bits per heavy atom. The van der Waals surface area contributed by atoms with Crippen molar-refractivity contribution in [3.05, 3.63) is 101 Å². The zero-order valence-corrected chi connectivity index (χ0v) is 19.7. The second-order valence-corrected chi connectivity index (χ2v) is 8.00. The number of hydrogen-bond acceptors (Lipinski definition) is 5. The second-order valence-electron chi connectivity index (χ2n) is 7.15. The second kappa shape index (κ2) is 10.8. The number of rotatable bonds is 6. The molecule has 0 atom stereocenters. The molecule has 0 fully saturated rings. The molecule has 0 amide bonds. The number of halogens is 1. The molecule has 0 aliphatic carbocycles.